The van der Waals surface area contributed by atoms with Crippen LogP contribution < -0.4 is 15.0 Å². The number of pyridine rings is 1. The van der Waals surface area contributed by atoms with Crippen LogP contribution in [0.3, 0.4) is 0 Å². The van der Waals surface area contributed by atoms with E-state index in [1.54, 1.807) is 13.3 Å². The standard InChI is InChI=1S/C19H21N5O2/c1-25-16-5-3-14(4-6-16)18-22-19(26-23-18)15-7-9-21-17(13-15)24-11-2-8-20-10-12-24/h3-7,9,13,20H,2,8,10-12H2,1H3. The molecule has 1 aliphatic heterocycles. The third-order valence-corrected chi connectivity index (χ3v) is 4.43. The van der Waals surface area contributed by atoms with Gasteiger partial charge in [-0.05, 0) is 49.4 Å². The van der Waals surface area contributed by atoms with Gasteiger partial charge in [0.05, 0.1) is 7.11 Å². The summed E-state index contributed by atoms with van der Waals surface area (Å²) in [7, 11) is 1.64. The predicted molar refractivity (Wildman–Crippen MR) is 99.2 cm³/mol. The molecule has 1 N–H and O–H groups in total. The van der Waals surface area contributed by atoms with E-state index in [0.29, 0.717) is 11.7 Å². The molecule has 0 amide bonds. The van der Waals surface area contributed by atoms with Gasteiger partial charge in [0.15, 0.2) is 0 Å². The fraction of sp³-hybridized carbons (Fsp3) is 0.316. The SMILES string of the molecule is COc1ccc(-c2noc(-c3ccnc(N4CCCNCC4)c3)n2)cc1. The number of nitrogens with one attached hydrogen (secondary N) is 1. The summed E-state index contributed by atoms with van der Waals surface area (Å²) in [5.41, 5.74) is 1.76. The lowest BCUT2D eigenvalue weighted by molar-refractivity contribution is 0.415. The van der Waals surface area contributed by atoms with Crippen LogP contribution >= 0.6 is 0 Å². The van der Waals surface area contributed by atoms with Crippen molar-refractivity contribution in [1.82, 2.24) is 20.4 Å². The Kier molecular flexibility index (Phi) is 4.79. The quantitative estimate of drug-likeness (QED) is 0.774. The minimum atomic E-state index is 0.493. The number of benzene rings is 1. The zero-order valence-electron chi connectivity index (χ0n) is 14.7. The molecule has 0 atom stereocenters. The molecule has 3 aromatic rings. The van der Waals surface area contributed by atoms with E-state index < -0.39 is 0 Å². The highest BCUT2D eigenvalue weighted by molar-refractivity contribution is 5.62. The second-order valence-corrected chi connectivity index (χ2v) is 6.14. The van der Waals surface area contributed by atoms with Crippen molar-refractivity contribution in [3.63, 3.8) is 0 Å². The molecule has 134 valence electrons. The number of ether oxygens (including phenoxy) is 1. The first kappa shape index (κ1) is 16.5. The van der Waals surface area contributed by atoms with Gasteiger partial charge in [0.1, 0.15) is 11.6 Å². The monoisotopic (exact) mass is 351 g/mol. The third kappa shape index (κ3) is 3.52. The number of hydrogen-bond acceptors (Lipinski definition) is 7. The second kappa shape index (κ2) is 7.53. The minimum absolute atomic E-state index is 0.493. The summed E-state index contributed by atoms with van der Waals surface area (Å²) in [5.74, 6) is 2.78. The van der Waals surface area contributed by atoms with Gasteiger partial charge in [0, 0.05) is 37.0 Å². The number of methoxy groups -OCH3 is 1. The Labute approximate surface area is 152 Å². The van der Waals surface area contributed by atoms with Crippen molar-refractivity contribution in [2.75, 3.05) is 38.2 Å². The Bertz CT molecular complexity index is 854. The van der Waals surface area contributed by atoms with Crippen molar-refractivity contribution in [1.29, 1.82) is 0 Å². The topological polar surface area (TPSA) is 76.3 Å². The van der Waals surface area contributed by atoms with E-state index in [9.17, 15) is 0 Å². The number of rotatable bonds is 4. The van der Waals surface area contributed by atoms with Crippen LogP contribution in [-0.2, 0) is 0 Å². The molecule has 1 aliphatic rings. The molecule has 7 heteroatoms. The van der Waals surface area contributed by atoms with E-state index >= 15 is 0 Å². The van der Waals surface area contributed by atoms with Gasteiger partial charge in [-0.15, -0.1) is 0 Å². The largest absolute Gasteiger partial charge is 0.497 e. The van der Waals surface area contributed by atoms with Crippen LogP contribution in [0.4, 0.5) is 5.82 Å². The van der Waals surface area contributed by atoms with E-state index in [4.69, 9.17) is 9.26 Å². The van der Waals surface area contributed by atoms with Crippen LogP contribution in [0.5, 0.6) is 5.75 Å². The van der Waals surface area contributed by atoms with Crippen LogP contribution in [0, 0.1) is 0 Å². The van der Waals surface area contributed by atoms with Gasteiger partial charge >= 0.3 is 0 Å². The summed E-state index contributed by atoms with van der Waals surface area (Å²) in [6.07, 6.45) is 2.90. The lowest BCUT2D eigenvalue weighted by Crippen LogP contribution is -2.28. The van der Waals surface area contributed by atoms with Crippen molar-refractivity contribution < 1.29 is 9.26 Å². The van der Waals surface area contributed by atoms with Crippen molar-refractivity contribution in [2.24, 2.45) is 0 Å². The van der Waals surface area contributed by atoms with E-state index in [2.05, 4.69) is 25.3 Å². The summed E-state index contributed by atoms with van der Waals surface area (Å²) in [4.78, 5) is 11.3. The first-order valence-electron chi connectivity index (χ1n) is 8.74. The molecule has 0 radical (unpaired) electrons. The molecule has 0 unspecified atom stereocenters. The number of nitrogens with zero attached hydrogens (tertiary/aromatic N) is 4. The van der Waals surface area contributed by atoms with Gasteiger partial charge in [-0.1, -0.05) is 5.16 Å². The molecule has 7 nitrogen and oxygen atoms in total. The first-order chi connectivity index (χ1) is 12.8. The predicted octanol–water partition coefficient (Wildman–Crippen LogP) is 2.61. The first-order valence-corrected chi connectivity index (χ1v) is 8.74. The van der Waals surface area contributed by atoms with E-state index in [1.165, 1.54) is 0 Å². The highest BCUT2D eigenvalue weighted by Gasteiger charge is 2.15. The second-order valence-electron chi connectivity index (χ2n) is 6.14. The van der Waals surface area contributed by atoms with E-state index in [0.717, 1.165) is 55.3 Å². The minimum Gasteiger partial charge on any atom is -0.497 e. The van der Waals surface area contributed by atoms with Gasteiger partial charge in [-0.25, -0.2) is 4.98 Å². The molecular formula is C19H21N5O2. The Morgan fingerprint density at radius 2 is 1.96 bits per heavy atom. The molecule has 0 spiro atoms. The molecule has 1 saturated heterocycles. The molecule has 0 aliphatic carbocycles. The smallest absolute Gasteiger partial charge is 0.258 e. The van der Waals surface area contributed by atoms with E-state index in [1.807, 2.05) is 36.4 Å². The third-order valence-electron chi connectivity index (χ3n) is 4.43. The zero-order valence-corrected chi connectivity index (χ0v) is 14.7. The summed E-state index contributed by atoms with van der Waals surface area (Å²) >= 11 is 0. The van der Waals surface area contributed by atoms with Crippen LogP contribution in [-0.4, -0.2) is 48.4 Å². The van der Waals surface area contributed by atoms with Crippen LogP contribution in [0.15, 0.2) is 47.1 Å². The van der Waals surface area contributed by atoms with Gasteiger partial charge < -0.3 is 19.5 Å². The zero-order chi connectivity index (χ0) is 17.8. The molecule has 0 saturated carbocycles. The summed E-state index contributed by atoms with van der Waals surface area (Å²) in [6.45, 7) is 3.95. The fourth-order valence-electron chi connectivity index (χ4n) is 3.00. The van der Waals surface area contributed by atoms with E-state index in [-0.39, 0.29) is 0 Å². The molecule has 2 aromatic heterocycles. The lowest BCUT2D eigenvalue weighted by Gasteiger charge is -2.21. The lowest BCUT2D eigenvalue weighted by atomic mass is 10.2. The average Bonchev–Trinajstić information content (AvgIpc) is 3.04. The highest BCUT2D eigenvalue weighted by Crippen LogP contribution is 2.25. The maximum absolute atomic E-state index is 5.48. The normalized spacial score (nSPS) is 14.9. The molecular weight excluding hydrogens is 330 g/mol. The van der Waals surface area contributed by atoms with Crippen molar-refractivity contribution in [3.05, 3.63) is 42.6 Å². The van der Waals surface area contributed by atoms with Gasteiger partial charge in [-0.3, -0.25) is 0 Å². The Morgan fingerprint density at radius 3 is 2.81 bits per heavy atom. The van der Waals surface area contributed by atoms with Gasteiger partial charge in [0.25, 0.3) is 5.89 Å². The molecule has 0 bridgehead atoms. The summed E-state index contributed by atoms with van der Waals surface area (Å²) < 4.78 is 10.7. The molecule has 1 fully saturated rings. The number of anilines is 1. The van der Waals surface area contributed by atoms with Gasteiger partial charge in [-0.2, -0.15) is 4.98 Å². The van der Waals surface area contributed by atoms with Crippen molar-refractivity contribution in [2.45, 2.75) is 6.42 Å². The highest BCUT2D eigenvalue weighted by atomic mass is 16.5. The maximum Gasteiger partial charge on any atom is 0.258 e. The Balaban J connectivity index is 1.57. The summed E-state index contributed by atoms with van der Waals surface area (Å²) in [6, 6.07) is 11.5. The molecule has 3 heterocycles. The molecule has 4 rings (SSSR count). The van der Waals surface area contributed by atoms with Crippen molar-refractivity contribution >= 4 is 5.82 Å². The number of aromatic nitrogens is 3. The Morgan fingerprint density at radius 1 is 1.08 bits per heavy atom. The molecule has 26 heavy (non-hydrogen) atoms. The van der Waals surface area contributed by atoms with Crippen LogP contribution in [0.25, 0.3) is 22.8 Å². The van der Waals surface area contributed by atoms with Crippen LogP contribution in [0.2, 0.25) is 0 Å². The molecule has 1 aromatic carbocycles. The van der Waals surface area contributed by atoms with Gasteiger partial charge in [0.2, 0.25) is 5.82 Å². The summed E-state index contributed by atoms with van der Waals surface area (Å²) in [5, 5.41) is 7.51. The Hall–Kier alpha value is -2.93. The van der Waals surface area contributed by atoms with Crippen molar-refractivity contribution in [3.8, 4) is 28.6 Å². The fourth-order valence-corrected chi connectivity index (χ4v) is 3.00. The number of hydrogen-bond donors (Lipinski definition) is 1. The van der Waals surface area contributed by atoms with Crippen LogP contribution in [0.1, 0.15) is 6.42 Å². The average molecular weight is 351 g/mol. The maximum atomic E-state index is 5.48.